The predicted octanol–water partition coefficient (Wildman–Crippen LogP) is 3.03. The second kappa shape index (κ2) is 6.09. The molecule has 0 radical (unpaired) electrons. The van der Waals surface area contributed by atoms with Crippen LogP contribution < -0.4 is 5.49 Å². The molecular weight excluding hydrogens is 305 g/mol. The van der Waals surface area contributed by atoms with Crippen LogP contribution in [-0.2, 0) is 6.54 Å². The summed E-state index contributed by atoms with van der Waals surface area (Å²) in [5.41, 5.74) is 0.792. The van der Waals surface area contributed by atoms with Gasteiger partial charge in [-0.1, -0.05) is 23.7 Å². The van der Waals surface area contributed by atoms with Gasteiger partial charge in [0.1, 0.15) is 10.6 Å². The summed E-state index contributed by atoms with van der Waals surface area (Å²) >= 11 is 5.68. The molecule has 2 aromatic rings. The van der Waals surface area contributed by atoms with Crippen molar-refractivity contribution in [3.8, 4) is 0 Å². The number of alkyl halides is 3. The van der Waals surface area contributed by atoms with Gasteiger partial charge in [0.05, 0.1) is 6.54 Å². The molecule has 2 rings (SSSR count). The molecule has 2 aromatic heterocycles. The molecule has 0 unspecified atom stereocenters. The first kappa shape index (κ1) is 15.2. The van der Waals surface area contributed by atoms with E-state index in [1.165, 1.54) is 16.8 Å². The Bertz CT molecular complexity index is 704. The molecular formula is C13H10ClF3N4. The van der Waals surface area contributed by atoms with Crippen molar-refractivity contribution in [1.29, 1.82) is 5.41 Å². The molecule has 0 fully saturated rings. The van der Waals surface area contributed by atoms with E-state index in [9.17, 15) is 13.2 Å². The maximum Gasteiger partial charge on any atom is 0.451 e. The van der Waals surface area contributed by atoms with Gasteiger partial charge in [0.15, 0.2) is 0 Å². The largest absolute Gasteiger partial charge is 0.451 e. The number of pyridine rings is 2. The number of amidine groups is 1. The number of hydrogen-bond acceptors (Lipinski definition) is 2. The number of nitrogens with zero attached hydrogens (tertiary/aromatic N) is 3. The molecule has 110 valence electrons. The highest BCUT2D eigenvalue weighted by Gasteiger charge is 2.34. The number of aromatic nitrogens is 2. The molecule has 0 bridgehead atoms. The van der Waals surface area contributed by atoms with Crippen LogP contribution in [0.5, 0.6) is 0 Å². The summed E-state index contributed by atoms with van der Waals surface area (Å²) < 4.78 is 38.6. The minimum atomic E-state index is -4.77. The highest BCUT2D eigenvalue weighted by atomic mass is 35.5. The predicted molar refractivity (Wildman–Crippen MR) is 72.1 cm³/mol. The molecule has 0 aromatic carbocycles. The molecule has 21 heavy (non-hydrogen) atoms. The van der Waals surface area contributed by atoms with Crippen molar-refractivity contribution in [3.05, 3.63) is 58.9 Å². The monoisotopic (exact) mass is 314 g/mol. The topological polar surface area (TPSA) is 54.0 Å². The average Bonchev–Trinajstić information content (AvgIpc) is 2.42. The van der Waals surface area contributed by atoms with E-state index >= 15 is 0 Å². The summed E-state index contributed by atoms with van der Waals surface area (Å²) in [6, 6.07) is 7.94. The van der Waals surface area contributed by atoms with Crippen molar-refractivity contribution >= 4 is 17.4 Å². The van der Waals surface area contributed by atoms with Crippen LogP contribution in [-0.4, -0.2) is 21.6 Å². The fraction of sp³-hybridized carbons (Fsp3) is 0.154. The van der Waals surface area contributed by atoms with Crippen LogP contribution >= 0.6 is 11.6 Å². The third-order valence-electron chi connectivity index (χ3n) is 2.55. The summed E-state index contributed by atoms with van der Waals surface area (Å²) in [7, 11) is 0. The third kappa shape index (κ3) is 4.16. The smallest absolute Gasteiger partial charge is 0.328 e. The van der Waals surface area contributed by atoms with Gasteiger partial charge in [0.2, 0.25) is 5.84 Å². The molecule has 1 N–H and O–H groups in total. The molecule has 0 spiro atoms. The van der Waals surface area contributed by atoms with Crippen molar-refractivity contribution in [2.75, 3.05) is 0 Å². The summed E-state index contributed by atoms with van der Waals surface area (Å²) in [5.74, 6) is -1.64. The molecule has 8 heteroatoms. The Morgan fingerprint density at radius 1 is 1.29 bits per heavy atom. The van der Waals surface area contributed by atoms with Crippen molar-refractivity contribution in [1.82, 2.24) is 9.55 Å². The summed E-state index contributed by atoms with van der Waals surface area (Å²) in [5, 5.41) is 7.28. The first-order valence-corrected chi connectivity index (χ1v) is 6.20. The Labute approximate surface area is 123 Å². The molecule has 0 saturated carbocycles. The highest BCUT2D eigenvalue weighted by Crippen LogP contribution is 2.16. The number of nitrogens with one attached hydrogen (secondary N) is 1. The third-order valence-corrected chi connectivity index (χ3v) is 2.78. The van der Waals surface area contributed by atoms with Crippen LogP contribution in [0.25, 0.3) is 0 Å². The van der Waals surface area contributed by atoms with Gasteiger partial charge in [-0.3, -0.25) is 5.41 Å². The van der Waals surface area contributed by atoms with E-state index in [1.807, 2.05) is 0 Å². The maximum atomic E-state index is 12.4. The zero-order valence-corrected chi connectivity index (χ0v) is 11.4. The van der Waals surface area contributed by atoms with Gasteiger partial charge in [-0.15, -0.1) is 0 Å². The Hall–Kier alpha value is -2.15. The van der Waals surface area contributed by atoms with Crippen LogP contribution in [0.3, 0.4) is 0 Å². The maximum absolute atomic E-state index is 12.4. The van der Waals surface area contributed by atoms with E-state index in [0.717, 1.165) is 5.56 Å². The Morgan fingerprint density at radius 2 is 2.05 bits per heavy atom. The quantitative estimate of drug-likeness (QED) is 0.517. The molecule has 0 aliphatic heterocycles. The van der Waals surface area contributed by atoms with Gasteiger partial charge in [-0.25, -0.2) is 9.98 Å². The Balaban J connectivity index is 2.35. The average molecular weight is 315 g/mol. The molecule has 4 nitrogen and oxygen atoms in total. The normalized spacial score (nSPS) is 12.5. The minimum absolute atomic E-state index is 0.0368. The second-order valence-corrected chi connectivity index (χ2v) is 4.52. The minimum Gasteiger partial charge on any atom is -0.328 e. The lowest BCUT2D eigenvalue weighted by Crippen LogP contribution is -2.27. The fourth-order valence-corrected chi connectivity index (χ4v) is 1.69. The van der Waals surface area contributed by atoms with Crippen LogP contribution in [0.4, 0.5) is 13.2 Å². The summed E-state index contributed by atoms with van der Waals surface area (Å²) in [6.07, 6.45) is -1.66. The zero-order valence-electron chi connectivity index (χ0n) is 10.6. The molecule has 0 saturated heterocycles. The standard InChI is InChI=1S/C13H10ClF3N4/c14-10-5-4-9(7-19-10)8-21-6-2-1-3-11(21)20-12(18)13(15,16)17/h1-7,18H,8H2. The summed E-state index contributed by atoms with van der Waals surface area (Å²) in [6.45, 7) is 0.273. The van der Waals surface area contributed by atoms with E-state index < -0.39 is 12.0 Å². The van der Waals surface area contributed by atoms with Gasteiger partial charge in [0, 0.05) is 12.4 Å². The van der Waals surface area contributed by atoms with Gasteiger partial charge in [-0.2, -0.15) is 13.2 Å². The van der Waals surface area contributed by atoms with Crippen LogP contribution in [0.1, 0.15) is 5.56 Å². The Morgan fingerprint density at radius 3 is 2.67 bits per heavy atom. The molecule has 2 heterocycles. The molecule has 0 aliphatic carbocycles. The van der Waals surface area contributed by atoms with E-state index in [4.69, 9.17) is 17.0 Å². The van der Waals surface area contributed by atoms with Crippen LogP contribution in [0.2, 0.25) is 5.15 Å². The SMILES string of the molecule is N=C(N=c1ccccn1Cc1ccc(Cl)nc1)C(F)(F)F. The second-order valence-electron chi connectivity index (χ2n) is 4.13. The van der Waals surface area contributed by atoms with E-state index in [-0.39, 0.29) is 12.0 Å². The van der Waals surface area contributed by atoms with Crippen LogP contribution in [0, 0.1) is 5.41 Å². The summed E-state index contributed by atoms with van der Waals surface area (Å²) in [4.78, 5) is 7.22. The van der Waals surface area contributed by atoms with Crippen molar-refractivity contribution in [2.45, 2.75) is 12.7 Å². The van der Waals surface area contributed by atoms with Gasteiger partial charge in [-0.05, 0) is 23.8 Å². The Kier molecular flexibility index (Phi) is 4.42. The lowest BCUT2D eigenvalue weighted by atomic mass is 10.3. The highest BCUT2D eigenvalue weighted by molar-refractivity contribution is 6.29. The van der Waals surface area contributed by atoms with Crippen molar-refractivity contribution in [2.24, 2.45) is 4.99 Å². The lowest BCUT2D eigenvalue weighted by Gasteiger charge is -2.08. The number of rotatable bonds is 2. The molecule has 0 atom stereocenters. The lowest BCUT2D eigenvalue weighted by molar-refractivity contribution is -0.0606. The van der Waals surface area contributed by atoms with Crippen LogP contribution in [0.15, 0.2) is 47.7 Å². The van der Waals surface area contributed by atoms with Gasteiger partial charge >= 0.3 is 6.18 Å². The van der Waals surface area contributed by atoms with Gasteiger partial charge in [0.25, 0.3) is 0 Å². The number of hydrogen-bond donors (Lipinski definition) is 1. The van der Waals surface area contributed by atoms with E-state index in [2.05, 4.69) is 9.98 Å². The first-order chi connectivity index (χ1) is 9.86. The van der Waals surface area contributed by atoms with Crippen molar-refractivity contribution in [3.63, 3.8) is 0 Å². The molecule has 0 aliphatic rings. The zero-order chi connectivity index (χ0) is 15.5. The molecule has 0 amide bonds. The fourth-order valence-electron chi connectivity index (χ4n) is 1.58. The first-order valence-electron chi connectivity index (χ1n) is 5.82. The van der Waals surface area contributed by atoms with E-state index in [0.29, 0.717) is 5.15 Å². The number of halogens is 4. The van der Waals surface area contributed by atoms with Gasteiger partial charge < -0.3 is 4.57 Å². The van der Waals surface area contributed by atoms with Crippen molar-refractivity contribution < 1.29 is 13.2 Å². The van der Waals surface area contributed by atoms with E-state index in [1.54, 1.807) is 30.5 Å².